The summed E-state index contributed by atoms with van der Waals surface area (Å²) in [6.07, 6.45) is 2.37. The number of nitrogens with two attached hydrogens (primary N) is 1. The third-order valence-electron chi connectivity index (χ3n) is 3.05. The van der Waals surface area contributed by atoms with Crippen LogP contribution in [0.25, 0.3) is 0 Å². The highest BCUT2D eigenvalue weighted by Gasteiger charge is 2.17. The number of hydrogen-bond donors (Lipinski definition) is 1. The predicted octanol–water partition coefficient (Wildman–Crippen LogP) is 2.32. The molecule has 0 amide bonds. The quantitative estimate of drug-likeness (QED) is 0.834. The number of piperidine rings is 1. The molecule has 0 spiro atoms. The molecule has 0 aromatic heterocycles. The van der Waals surface area contributed by atoms with Crippen LogP contribution in [0.3, 0.4) is 0 Å². The van der Waals surface area contributed by atoms with Crippen molar-refractivity contribution in [1.29, 1.82) is 0 Å². The smallest absolute Gasteiger partial charge is 0.0447 e. The maximum Gasteiger partial charge on any atom is 0.0447 e. The summed E-state index contributed by atoms with van der Waals surface area (Å²) in [7, 11) is 0. The van der Waals surface area contributed by atoms with E-state index in [2.05, 4.69) is 11.0 Å². The lowest BCUT2D eigenvalue weighted by atomic mass is 9.97. The fourth-order valence-electron chi connectivity index (χ4n) is 2.00. The molecule has 0 bridgehead atoms. The summed E-state index contributed by atoms with van der Waals surface area (Å²) in [5.74, 6) is 0.702. The Balaban J connectivity index is 1.98. The van der Waals surface area contributed by atoms with Crippen molar-refractivity contribution in [3.8, 4) is 0 Å². The molecule has 1 aliphatic rings. The van der Waals surface area contributed by atoms with Gasteiger partial charge in [0, 0.05) is 29.9 Å². The average Bonchev–Trinajstić information content (AvgIpc) is 2.30. The predicted molar refractivity (Wildman–Crippen MR) is 64.3 cm³/mol. The van der Waals surface area contributed by atoms with Crippen LogP contribution < -0.4 is 10.6 Å². The van der Waals surface area contributed by atoms with Crippen molar-refractivity contribution in [2.75, 3.05) is 24.5 Å². The lowest BCUT2D eigenvalue weighted by Crippen LogP contribution is -2.36. The van der Waals surface area contributed by atoms with Gasteiger partial charge in [0.15, 0.2) is 0 Å². The first-order valence-corrected chi connectivity index (χ1v) is 5.79. The third kappa shape index (κ3) is 2.64. The fraction of sp³-hybridized carbons (Fsp3) is 0.500. The molecule has 0 unspecified atom stereocenters. The number of hydrogen-bond acceptors (Lipinski definition) is 2. The first kappa shape index (κ1) is 10.8. The molecule has 1 aliphatic heterocycles. The van der Waals surface area contributed by atoms with Gasteiger partial charge >= 0.3 is 0 Å². The van der Waals surface area contributed by atoms with Crippen LogP contribution in [0.5, 0.6) is 0 Å². The van der Waals surface area contributed by atoms with E-state index in [1.165, 1.54) is 12.8 Å². The SMILES string of the molecule is NCC1CCN(c2[c]cc(Cl)cc2)CC1. The van der Waals surface area contributed by atoms with Crippen molar-refractivity contribution in [3.05, 3.63) is 29.3 Å². The van der Waals surface area contributed by atoms with Gasteiger partial charge in [0.2, 0.25) is 0 Å². The van der Waals surface area contributed by atoms with Gasteiger partial charge in [-0.05, 0) is 43.5 Å². The van der Waals surface area contributed by atoms with E-state index in [4.69, 9.17) is 17.3 Å². The van der Waals surface area contributed by atoms with Gasteiger partial charge in [0.25, 0.3) is 0 Å². The number of nitrogens with zero attached hydrogens (tertiary/aromatic N) is 1. The number of anilines is 1. The van der Waals surface area contributed by atoms with Crippen LogP contribution >= 0.6 is 11.6 Å². The molecular formula is C12H16ClN2. The minimum atomic E-state index is 0.702. The Bertz CT molecular complexity index is 302. The number of benzene rings is 1. The van der Waals surface area contributed by atoms with Gasteiger partial charge in [-0.3, -0.25) is 0 Å². The molecule has 2 rings (SSSR count). The minimum absolute atomic E-state index is 0.702. The zero-order valence-corrected chi connectivity index (χ0v) is 9.50. The summed E-state index contributed by atoms with van der Waals surface area (Å²) in [4.78, 5) is 2.35. The Labute approximate surface area is 96.0 Å². The molecule has 0 atom stereocenters. The second-order valence-corrected chi connectivity index (χ2v) is 4.49. The summed E-state index contributed by atoms with van der Waals surface area (Å²) in [6.45, 7) is 2.98. The highest BCUT2D eigenvalue weighted by Crippen LogP contribution is 2.23. The van der Waals surface area contributed by atoms with Gasteiger partial charge in [0.1, 0.15) is 0 Å². The fourth-order valence-corrected chi connectivity index (χ4v) is 2.12. The maximum absolute atomic E-state index is 5.83. The average molecular weight is 224 g/mol. The highest BCUT2D eigenvalue weighted by molar-refractivity contribution is 6.30. The van der Waals surface area contributed by atoms with Crippen molar-refractivity contribution in [2.45, 2.75) is 12.8 Å². The first-order chi connectivity index (χ1) is 7.29. The van der Waals surface area contributed by atoms with E-state index in [0.717, 1.165) is 30.3 Å². The summed E-state index contributed by atoms with van der Waals surface area (Å²) in [5, 5.41) is 0.746. The van der Waals surface area contributed by atoms with Crippen LogP contribution in [0, 0.1) is 12.0 Å². The van der Waals surface area contributed by atoms with Gasteiger partial charge in [0.05, 0.1) is 0 Å². The van der Waals surface area contributed by atoms with Crippen molar-refractivity contribution in [2.24, 2.45) is 11.7 Å². The zero-order chi connectivity index (χ0) is 10.7. The zero-order valence-electron chi connectivity index (χ0n) is 8.75. The van der Waals surface area contributed by atoms with Crippen molar-refractivity contribution >= 4 is 17.3 Å². The Morgan fingerprint density at radius 2 is 2.13 bits per heavy atom. The normalized spacial score (nSPS) is 18.1. The molecule has 2 N–H and O–H groups in total. The van der Waals surface area contributed by atoms with Gasteiger partial charge in [-0.15, -0.1) is 0 Å². The molecule has 0 aliphatic carbocycles. The maximum atomic E-state index is 5.83. The van der Waals surface area contributed by atoms with Crippen LogP contribution in [-0.2, 0) is 0 Å². The van der Waals surface area contributed by atoms with E-state index in [0.29, 0.717) is 5.92 Å². The topological polar surface area (TPSA) is 29.3 Å². The molecule has 1 heterocycles. The summed E-state index contributed by atoms with van der Waals surface area (Å²) in [5.41, 5.74) is 6.81. The van der Waals surface area contributed by atoms with Gasteiger partial charge in [-0.2, -0.15) is 0 Å². The molecule has 1 aromatic rings. The van der Waals surface area contributed by atoms with E-state index in [9.17, 15) is 0 Å². The van der Waals surface area contributed by atoms with Gasteiger partial charge in [-0.1, -0.05) is 11.6 Å². The molecule has 3 heteroatoms. The van der Waals surface area contributed by atoms with E-state index in [-0.39, 0.29) is 0 Å². The minimum Gasteiger partial charge on any atom is -0.371 e. The monoisotopic (exact) mass is 223 g/mol. The third-order valence-corrected chi connectivity index (χ3v) is 3.28. The summed E-state index contributed by atoms with van der Waals surface area (Å²) < 4.78 is 0. The second-order valence-electron chi connectivity index (χ2n) is 4.06. The molecule has 0 saturated carbocycles. The molecule has 1 fully saturated rings. The van der Waals surface area contributed by atoms with Crippen molar-refractivity contribution in [3.63, 3.8) is 0 Å². The Morgan fingerprint density at radius 1 is 1.40 bits per heavy atom. The summed E-state index contributed by atoms with van der Waals surface area (Å²) >= 11 is 5.83. The highest BCUT2D eigenvalue weighted by atomic mass is 35.5. The molecule has 81 valence electrons. The summed E-state index contributed by atoms with van der Waals surface area (Å²) in [6, 6.07) is 8.98. The molecule has 1 radical (unpaired) electrons. The van der Waals surface area contributed by atoms with Crippen LogP contribution in [0.2, 0.25) is 5.02 Å². The van der Waals surface area contributed by atoms with E-state index < -0.39 is 0 Å². The second kappa shape index (κ2) is 4.86. The Kier molecular flexibility index (Phi) is 3.49. The lowest BCUT2D eigenvalue weighted by molar-refractivity contribution is 0.414. The van der Waals surface area contributed by atoms with Crippen molar-refractivity contribution < 1.29 is 0 Å². The standard InChI is InChI=1S/C12H16ClN2/c13-11-1-3-12(4-2-11)15-7-5-10(9-14)6-8-15/h1-3,10H,5-9,14H2. The van der Waals surface area contributed by atoms with Crippen LogP contribution in [0.15, 0.2) is 18.2 Å². The van der Waals surface area contributed by atoms with E-state index in [1.54, 1.807) is 0 Å². The largest absolute Gasteiger partial charge is 0.371 e. The first-order valence-electron chi connectivity index (χ1n) is 5.42. The molecule has 15 heavy (non-hydrogen) atoms. The Hall–Kier alpha value is -0.730. The number of rotatable bonds is 2. The lowest BCUT2D eigenvalue weighted by Gasteiger charge is -2.32. The van der Waals surface area contributed by atoms with E-state index in [1.807, 2.05) is 18.2 Å². The van der Waals surface area contributed by atoms with Crippen LogP contribution in [-0.4, -0.2) is 19.6 Å². The molecule has 2 nitrogen and oxygen atoms in total. The number of halogens is 1. The van der Waals surface area contributed by atoms with Crippen molar-refractivity contribution in [1.82, 2.24) is 0 Å². The van der Waals surface area contributed by atoms with E-state index >= 15 is 0 Å². The van der Waals surface area contributed by atoms with Crippen LogP contribution in [0.4, 0.5) is 5.69 Å². The molecular weight excluding hydrogens is 208 g/mol. The van der Waals surface area contributed by atoms with Gasteiger partial charge in [-0.25, -0.2) is 0 Å². The van der Waals surface area contributed by atoms with Gasteiger partial charge < -0.3 is 10.6 Å². The van der Waals surface area contributed by atoms with Crippen LogP contribution in [0.1, 0.15) is 12.8 Å². The molecule has 1 aromatic carbocycles. The Morgan fingerprint density at radius 3 is 2.67 bits per heavy atom. The molecule has 1 saturated heterocycles.